The van der Waals surface area contributed by atoms with Crippen LogP contribution in [0.2, 0.25) is 0 Å². The Morgan fingerprint density at radius 1 is 1.26 bits per heavy atom. The summed E-state index contributed by atoms with van der Waals surface area (Å²) in [4.78, 5) is 27.9. The van der Waals surface area contributed by atoms with Gasteiger partial charge in [-0.1, -0.05) is 24.4 Å². The van der Waals surface area contributed by atoms with Gasteiger partial charge in [0.25, 0.3) is 5.91 Å². The number of aromatic nitrogens is 3. The van der Waals surface area contributed by atoms with Crippen molar-refractivity contribution >= 4 is 11.8 Å². The number of nitrogens with one attached hydrogen (secondary N) is 2. The maximum absolute atomic E-state index is 13.2. The largest absolute Gasteiger partial charge is 0.361 e. The molecule has 1 atom stereocenters. The number of rotatable bonds is 5. The van der Waals surface area contributed by atoms with Gasteiger partial charge in [0.2, 0.25) is 5.91 Å². The van der Waals surface area contributed by atoms with Crippen LogP contribution >= 0.6 is 0 Å². The van der Waals surface area contributed by atoms with Gasteiger partial charge in [-0.15, -0.1) is 0 Å². The molecule has 3 aliphatic rings. The molecule has 2 aromatic rings. The van der Waals surface area contributed by atoms with Crippen molar-refractivity contribution in [2.75, 3.05) is 20.1 Å². The lowest BCUT2D eigenvalue weighted by Crippen LogP contribution is -2.44. The molecular weight excluding hydrogens is 394 g/mol. The molecule has 0 radical (unpaired) electrons. The third kappa shape index (κ3) is 3.66. The minimum atomic E-state index is -0.701. The standard InChI is InChI=1S/C23H31N5O3/c1-24-22(30)23(13-16-12-19(27-31-16)15-6-3-2-4-7-15)10-11-28(14-23)21(29)20-17-8-5-9-18(17)25-26-20/h12,15H,2-11,13-14H2,1H3,(H,24,30)(H,25,26)/t23-/m1/s1. The van der Waals surface area contributed by atoms with Crippen LogP contribution in [0.3, 0.4) is 0 Å². The summed E-state index contributed by atoms with van der Waals surface area (Å²) in [6.07, 6.45) is 10.0. The van der Waals surface area contributed by atoms with E-state index < -0.39 is 5.41 Å². The Morgan fingerprint density at radius 3 is 2.90 bits per heavy atom. The molecule has 166 valence electrons. The summed E-state index contributed by atoms with van der Waals surface area (Å²) in [5, 5.41) is 14.5. The molecule has 8 heteroatoms. The van der Waals surface area contributed by atoms with Crippen molar-refractivity contribution in [3.05, 3.63) is 34.5 Å². The summed E-state index contributed by atoms with van der Waals surface area (Å²) in [5.74, 6) is 1.07. The number of amides is 2. The van der Waals surface area contributed by atoms with Crippen LogP contribution < -0.4 is 5.32 Å². The zero-order valence-electron chi connectivity index (χ0n) is 18.2. The van der Waals surface area contributed by atoms with Gasteiger partial charge in [-0.3, -0.25) is 14.7 Å². The lowest BCUT2D eigenvalue weighted by molar-refractivity contribution is -0.130. The number of aromatic amines is 1. The topological polar surface area (TPSA) is 104 Å². The Hall–Kier alpha value is -2.64. The van der Waals surface area contributed by atoms with Crippen molar-refractivity contribution in [2.45, 2.75) is 70.1 Å². The fourth-order valence-corrected chi connectivity index (χ4v) is 5.70. The van der Waals surface area contributed by atoms with E-state index in [0.717, 1.165) is 54.8 Å². The van der Waals surface area contributed by atoms with Crippen LogP contribution in [-0.2, 0) is 24.1 Å². The van der Waals surface area contributed by atoms with Gasteiger partial charge in [0, 0.05) is 49.8 Å². The van der Waals surface area contributed by atoms with E-state index in [2.05, 4.69) is 20.7 Å². The normalized spacial score (nSPS) is 23.8. The Bertz CT molecular complexity index is 974. The van der Waals surface area contributed by atoms with Crippen LogP contribution in [-0.4, -0.2) is 52.2 Å². The highest BCUT2D eigenvalue weighted by Crippen LogP contribution is 2.38. The summed E-state index contributed by atoms with van der Waals surface area (Å²) in [6, 6.07) is 2.03. The van der Waals surface area contributed by atoms with E-state index in [9.17, 15) is 9.59 Å². The number of carbonyl (C=O) groups is 2. The molecule has 0 unspecified atom stereocenters. The predicted octanol–water partition coefficient (Wildman–Crippen LogP) is 2.76. The van der Waals surface area contributed by atoms with Crippen LogP contribution in [0.5, 0.6) is 0 Å². The molecule has 1 saturated heterocycles. The molecular formula is C23H31N5O3. The molecule has 0 spiro atoms. The molecule has 0 bridgehead atoms. The van der Waals surface area contributed by atoms with Gasteiger partial charge >= 0.3 is 0 Å². The average molecular weight is 426 g/mol. The van der Waals surface area contributed by atoms with Gasteiger partial charge in [0.15, 0.2) is 5.69 Å². The number of fused-ring (bicyclic) bond motifs is 1. The summed E-state index contributed by atoms with van der Waals surface area (Å²) >= 11 is 0. The van der Waals surface area contributed by atoms with Crippen molar-refractivity contribution in [1.29, 1.82) is 0 Å². The second-order valence-electron chi connectivity index (χ2n) is 9.45. The summed E-state index contributed by atoms with van der Waals surface area (Å²) in [6.45, 7) is 0.907. The Kier molecular flexibility index (Phi) is 5.32. The molecule has 5 rings (SSSR count). The first-order chi connectivity index (χ1) is 15.1. The molecule has 8 nitrogen and oxygen atoms in total. The maximum Gasteiger partial charge on any atom is 0.274 e. The van der Waals surface area contributed by atoms with Crippen LogP contribution in [0.15, 0.2) is 10.6 Å². The van der Waals surface area contributed by atoms with Gasteiger partial charge in [-0.05, 0) is 38.5 Å². The van der Waals surface area contributed by atoms with Gasteiger partial charge in [0.05, 0.1) is 11.1 Å². The third-order valence-electron chi connectivity index (χ3n) is 7.47. The molecule has 2 aromatic heterocycles. The molecule has 1 saturated carbocycles. The number of aryl methyl sites for hydroxylation is 1. The highest BCUT2D eigenvalue weighted by Gasteiger charge is 2.47. The van der Waals surface area contributed by atoms with Crippen molar-refractivity contribution in [3.8, 4) is 0 Å². The number of likely N-dealkylation sites (tertiary alicyclic amines) is 1. The monoisotopic (exact) mass is 425 g/mol. The fourth-order valence-electron chi connectivity index (χ4n) is 5.70. The summed E-state index contributed by atoms with van der Waals surface area (Å²) in [7, 11) is 1.66. The van der Waals surface area contributed by atoms with Crippen LogP contribution in [0.4, 0.5) is 0 Å². The number of nitrogens with zero attached hydrogens (tertiary/aromatic N) is 3. The van der Waals surface area contributed by atoms with E-state index in [0.29, 0.717) is 37.5 Å². The zero-order chi connectivity index (χ0) is 21.4. The average Bonchev–Trinajstić information content (AvgIpc) is 3.58. The smallest absolute Gasteiger partial charge is 0.274 e. The van der Waals surface area contributed by atoms with Crippen molar-refractivity contribution in [3.63, 3.8) is 0 Å². The molecule has 0 aromatic carbocycles. The molecule has 2 aliphatic carbocycles. The molecule has 3 heterocycles. The molecule has 2 N–H and O–H groups in total. The molecule has 2 fully saturated rings. The molecule has 31 heavy (non-hydrogen) atoms. The number of hydrogen-bond acceptors (Lipinski definition) is 5. The highest BCUT2D eigenvalue weighted by atomic mass is 16.5. The first-order valence-electron chi connectivity index (χ1n) is 11.6. The minimum Gasteiger partial charge on any atom is -0.361 e. The van der Waals surface area contributed by atoms with Crippen LogP contribution in [0, 0.1) is 5.41 Å². The highest BCUT2D eigenvalue weighted by molar-refractivity contribution is 5.95. The van der Waals surface area contributed by atoms with Gasteiger partial charge in [-0.25, -0.2) is 0 Å². The second-order valence-corrected chi connectivity index (χ2v) is 9.45. The molecule has 2 amide bonds. The van der Waals surface area contributed by atoms with E-state index in [-0.39, 0.29) is 11.8 Å². The van der Waals surface area contributed by atoms with Crippen LogP contribution in [0.25, 0.3) is 0 Å². The van der Waals surface area contributed by atoms with Crippen molar-refractivity contribution in [2.24, 2.45) is 5.41 Å². The van der Waals surface area contributed by atoms with Gasteiger partial charge < -0.3 is 14.7 Å². The lowest BCUT2D eigenvalue weighted by atomic mass is 9.81. The third-order valence-corrected chi connectivity index (χ3v) is 7.47. The Balaban J connectivity index is 1.33. The summed E-state index contributed by atoms with van der Waals surface area (Å²) in [5.41, 5.74) is 2.97. The first-order valence-corrected chi connectivity index (χ1v) is 11.6. The second kappa shape index (κ2) is 8.13. The number of carbonyl (C=O) groups excluding carboxylic acids is 2. The quantitative estimate of drug-likeness (QED) is 0.767. The fraction of sp³-hybridized carbons (Fsp3) is 0.652. The Labute approximate surface area is 182 Å². The zero-order valence-corrected chi connectivity index (χ0v) is 18.2. The van der Waals surface area contributed by atoms with Gasteiger partial charge in [0.1, 0.15) is 5.76 Å². The lowest BCUT2D eigenvalue weighted by Gasteiger charge is -2.26. The summed E-state index contributed by atoms with van der Waals surface area (Å²) < 4.78 is 5.68. The van der Waals surface area contributed by atoms with E-state index in [1.54, 1.807) is 11.9 Å². The molecule has 1 aliphatic heterocycles. The predicted molar refractivity (Wildman–Crippen MR) is 114 cm³/mol. The van der Waals surface area contributed by atoms with E-state index in [1.165, 1.54) is 19.3 Å². The number of hydrogen-bond donors (Lipinski definition) is 2. The van der Waals surface area contributed by atoms with Crippen molar-refractivity contribution in [1.82, 2.24) is 25.6 Å². The van der Waals surface area contributed by atoms with Gasteiger partial charge in [-0.2, -0.15) is 5.10 Å². The van der Waals surface area contributed by atoms with Crippen molar-refractivity contribution < 1.29 is 14.1 Å². The van der Waals surface area contributed by atoms with E-state index >= 15 is 0 Å². The Morgan fingerprint density at radius 2 is 2.10 bits per heavy atom. The minimum absolute atomic E-state index is 0.0503. The number of H-pyrrole nitrogens is 1. The first kappa shape index (κ1) is 20.3. The van der Waals surface area contributed by atoms with Crippen LogP contribution in [0.1, 0.15) is 84.1 Å². The van der Waals surface area contributed by atoms with E-state index in [1.807, 2.05) is 6.07 Å². The SMILES string of the molecule is CNC(=O)[C@@]1(Cc2cc(C3CCCCC3)no2)CCN(C(=O)c2n[nH]c3c2CCC3)C1. The van der Waals surface area contributed by atoms with E-state index in [4.69, 9.17) is 4.52 Å². The maximum atomic E-state index is 13.2.